The summed E-state index contributed by atoms with van der Waals surface area (Å²) in [6, 6.07) is 11.6. The van der Waals surface area contributed by atoms with Gasteiger partial charge in [-0.2, -0.15) is 0 Å². The quantitative estimate of drug-likeness (QED) is 0.547. The van der Waals surface area contributed by atoms with E-state index < -0.39 is 0 Å². The number of rotatable bonds is 6. The molecule has 0 radical (unpaired) electrons. The van der Waals surface area contributed by atoms with Crippen LogP contribution in [0.1, 0.15) is 0 Å². The lowest BCUT2D eigenvalue weighted by molar-refractivity contribution is 0.0957. The van der Waals surface area contributed by atoms with E-state index in [1.54, 1.807) is 12.0 Å². The summed E-state index contributed by atoms with van der Waals surface area (Å²) in [6.45, 7) is 3.09. The molecule has 10 heteroatoms. The number of benzene rings is 1. The van der Waals surface area contributed by atoms with Gasteiger partial charge in [0.25, 0.3) is 0 Å². The van der Waals surface area contributed by atoms with Gasteiger partial charge in [0.2, 0.25) is 12.7 Å². The Bertz CT molecular complexity index is 1250. The number of hydrogen-bond acceptors (Lipinski definition) is 9. The number of pyridine rings is 2. The van der Waals surface area contributed by atoms with Crippen LogP contribution in [0.5, 0.6) is 17.4 Å². The van der Waals surface area contributed by atoms with Crippen LogP contribution in [0.2, 0.25) is 0 Å². The first-order valence-corrected chi connectivity index (χ1v) is 11.2. The minimum Gasteiger partial charge on any atom is -0.481 e. The maximum atomic E-state index is 12.5. The topological polar surface area (TPSA) is 89.5 Å². The van der Waals surface area contributed by atoms with E-state index in [0.29, 0.717) is 36.5 Å². The van der Waals surface area contributed by atoms with Crippen LogP contribution in [-0.4, -0.2) is 80.2 Å². The van der Waals surface area contributed by atoms with Gasteiger partial charge in [-0.05, 0) is 31.3 Å². The van der Waals surface area contributed by atoms with E-state index >= 15 is 0 Å². The van der Waals surface area contributed by atoms with Crippen LogP contribution >= 0.6 is 0 Å². The molecule has 3 aliphatic rings. The van der Waals surface area contributed by atoms with Crippen LogP contribution in [0.4, 0.5) is 16.2 Å². The van der Waals surface area contributed by atoms with Crippen molar-refractivity contribution in [2.24, 2.45) is 0 Å². The molecule has 34 heavy (non-hydrogen) atoms. The van der Waals surface area contributed by atoms with E-state index in [2.05, 4.69) is 26.8 Å². The average molecular weight is 463 g/mol. The Morgan fingerprint density at radius 1 is 1.12 bits per heavy atom. The highest BCUT2D eigenvalue weighted by Gasteiger charge is 2.37. The summed E-state index contributed by atoms with van der Waals surface area (Å²) < 4.78 is 21.7. The number of hydrogen-bond donors (Lipinski definition) is 0. The molecule has 0 bridgehead atoms. The van der Waals surface area contributed by atoms with Crippen molar-refractivity contribution in [2.45, 2.75) is 12.1 Å². The number of methoxy groups -OCH3 is 1. The monoisotopic (exact) mass is 463 g/mol. The molecule has 3 aliphatic heterocycles. The number of nitrogens with zero attached hydrogens (tertiary/aromatic N) is 5. The summed E-state index contributed by atoms with van der Waals surface area (Å²) in [7, 11) is 3.69. The fourth-order valence-corrected chi connectivity index (χ4v) is 4.64. The molecule has 0 unspecified atom stereocenters. The van der Waals surface area contributed by atoms with Crippen molar-refractivity contribution in [3.8, 4) is 17.4 Å². The summed E-state index contributed by atoms with van der Waals surface area (Å²) in [6.07, 6.45) is 1.27. The Morgan fingerprint density at radius 2 is 1.97 bits per heavy atom. The van der Waals surface area contributed by atoms with E-state index in [0.717, 1.165) is 35.5 Å². The molecule has 5 heterocycles. The highest BCUT2D eigenvalue weighted by Crippen LogP contribution is 2.37. The number of anilines is 2. The number of ether oxygens (including phenoxy) is 4. The lowest BCUT2D eigenvalue weighted by Gasteiger charge is -2.45. The van der Waals surface area contributed by atoms with Gasteiger partial charge in [0.1, 0.15) is 11.6 Å². The molecule has 0 N–H and O–H groups in total. The molecular formula is C24H25N5O5. The van der Waals surface area contributed by atoms with Crippen molar-refractivity contribution < 1.29 is 23.7 Å². The Hall–Kier alpha value is -3.79. The van der Waals surface area contributed by atoms with E-state index in [1.165, 1.54) is 0 Å². The van der Waals surface area contributed by atoms with Crippen LogP contribution in [-0.2, 0) is 4.74 Å². The van der Waals surface area contributed by atoms with Gasteiger partial charge in [0.05, 0.1) is 30.5 Å². The minimum absolute atomic E-state index is 0.202. The molecule has 176 valence electrons. The summed E-state index contributed by atoms with van der Waals surface area (Å²) in [5.41, 5.74) is 3.49. The fraction of sp³-hybridized carbons (Fsp3) is 0.375. The molecule has 1 atom stereocenters. The fourth-order valence-electron chi connectivity index (χ4n) is 4.64. The smallest absolute Gasteiger partial charge is 0.414 e. The zero-order valence-electron chi connectivity index (χ0n) is 19.0. The van der Waals surface area contributed by atoms with Crippen molar-refractivity contribution in [1.82, 2.24) is 14.9 Å². The number of carbonyl (C=O) groups is 1. The van der Waals surface area contributed by atoms with Crippen molar-refractivity contribution in [2.75, 3.05) is 56.9 Å². The maximum absolute atomic E-state index is 12.5. The third-order valence-electron chi connectivity index (χ3n) is 6.61. The zero-order chi connectivity index (χ0) is 23.2. The van der Waals surface area contributed by atoms with E-state index in [-0.39, 0.29) is 19.0 Å². The van der Waals surface area contributed by atoms with Crippen molar-refractivity contribution >= 4 is 28.5 Å². The van der Waals surface area contributed by atoms with Crippen LogP contribution in [0, 0.1) is 0 Å². The van der Waals surface area contributed by atoms with Gasteiger partial charge in [-0.3, -0.25) is 14.8 Å². The number of likely N-dealkylation sites (N-methyl/N-ethyl adjacent to an activating group) is 1. The number of amides is 1. The van der Waals surface area contributed by atoms with Crippen molar-refractivity contribution in [3.05, 3.63) is 42.6 Å². The van der Waals surface area contributed by atoms with Gasteiger partial charge in [0, 0.05) is 44.0 Å². The molecule has 0 saturated carbocycles. The normalized spacial score (nSPS) is 19.6. The number of fused-ring (bicyclic) bond motifs is 2. The molecule has 1 aromatic carbocycles. The van der Waals surface area contributed by atoms with Crippen LogP contribution in [0.15, 0.2) is 42.6 Å². The summed E-state index contributed by atoms with van der Waals surface area (Å²) in [5.74, 6) is 1.92. The van der Waals surface area contributed by atoms with Gasteiger partial charge in [-0.1, -0.05) is 0 Å². The third-order valence-corrected chi connectivity index (χ3v) is 6.61. The van der Waals surface area contributed by atoms with E-state index in [4.69, 9.17) is 18.9 Å². The summed E-state index contributed by atoms with van der Waals surface area (Å²) >= 11 is 0. The average Bonchev–Trinajstić information content (AvgIpc) is 3.43. The second-order valence-electron chi connectivity index (χ2n) is 8.70. The van der Waals surface area contributed by atoms with Crippen molar-refractivity contribution in [1.29, 1.82) is 0 Å². The SMILES string of the molecule is COc1ccc2nccc(N3CC(N(C)C[C@@H]4CN(c5ccc6c(c5)OCO6)C(=O)O4)C3)c2n1. The standard InChI is InChI=1S/C24H25N5O5/c1-27(12-17-13-29(24(30)34-17)15-3-5-20-21(9-15)33-14-32-20)16-10-28(11-16)19-7-8-25-18-4-6-22(31-2)26-23(18)19/h3-9,16-17H,10-14H2,1-2H3/t17-/m1/s1. The molecule has 0 aliphatic carbocycles. The Balaban J connectivity index is 1.08. The largest absolute Gasteiger partial charge is 0.481 e. The first kappa shape index (κ1) is 20.8. The Kier molecular flexibility index (Phi) is 5.02. The molecule has 0 spiro atoms. The number of cyclic esters (lactones) is 1. The van der Waals surface area contributed by atoms with Gasteiger partial charge in [-0.15, -0.1) is 0 Å². The lowest BCUT2D eigenvalue weighted by atomic mass is 10.1. The molecule has 6 rings (SSSR count). The Labute approximate surface area is 196 Å². The third kappa shape index (κ3) is 3.60. The zero-order valence-corrected chi connectivity index (χ0v) is 19.0. The van der Waals surface area contributed by atoms with Crippen LogP contribution in [0.3, 0.4) is 0 Å². The first-order valence-electron chi connectivity index (χ1n) is 11.2. The van der Waals surface area contributed by atoms with E-state index in [1.807, 2.05) is 42.6 Å². The van der Waals surface area contributed by atoms with Gasteiger partial charge >= 0.3 is 6.09 Å². The van der Waals surface area contributed by atoms with E-state index in [9.17, 15) is 4.79 Å². The molecule has 2 saturated heterocycles. The second-order valence-corrected chi connectivity index (χ2v) is 8.70. The molecule has 10 nitrogen and oxygen atoms in total. The summed E-state index contributed by atoms with van der Waals surface area (Å²) in [5, 5.41) is 0. The maximum Gasteiger partial charge on any atom is 0.414 e. The second kappa shape index (κ2) is 8.21. The van der Waals surface area contributed by atoms with Gasteiger partial charge in [0.15, 0.2) is 11.5 Å². The molecule has 2 fully saturated rings. The summed E-state index contributed by atoms with van der Waals surface area (Å²) in [4.78, 5) is 27.7. The highest BCUT2D eigenvalue weighted by atomic mass is 16.7. The molecule has 1 amide bonds. The van der Waals surface area contributed by atoms with Gasteiger partial charge < -0.3 is 23.8 Å². The molecular weight excluding hydrogens is 438 g/mol. The predicted octanol–water partition coefficient (Wildman–Crippen LogP) is 2.51. The van der Waals surface area contributed by atoms with Crippen LogP contribution in [0.25, 0.3) is 11.0 Å². The number of carbonyl (C=O) groups excluding carboxylic acids is 1. The minimum atomic E-state index is -0.337. The Morgan fingerprint density at radius 3 is 2.82 bits per heavy atom. The lowest BCUT2D eigenvalue weighted by Crippen LogP contribution is -2.59. The number of aromatic nitrogens is 2. The predicted molar refractivity (Wildman–Crippen MR) is 125 cm³/mol. The van der Waals surface area contributed by atoms with Gasteiger partial charge in [-0.25, -0.2) is 9.78 Å². The molecule has 2 aromatic heterocycles. The molecule has 3 aromatic rings. The van der Waals surface area contributed by atoms with Crippen molar-refractivity contribution in [3.63, 3.8) is 0 Å². The van der Waals surface area contributed by atoms with Crippen LogP contribution < -0.4 is 24.0 Å². The highest BCUT2D eigenvalue weighted by molar-refractivity contribution is 5.90. The first-order chi connectivity index (χ1) is 16.6.